The van der Waals surface area contributed by atoms with E-state index in [0.717, 1.165) is 35.5 Å². The molecular formula is C18H20N2O5. The Bertz CT molecular complexity index is 631. The van der Waals surface area contributed by atoms with E-state index in [2.05, 4.69) is 0 Å². The van der Waals surface area contributed by atoms with E-state index in [0.29, 0.717) is 48.0 Å². The van der Waals surface area contributed by atoms with Crippen molar-refractivity contribution in [2.75, 3.05) is 13.5 Å². The Labute approximate surface area is 145 Å². The number of rotatable bonds is 4. The van der Waals surface area contributed by atoms with Crippen LogP contribution >= 0.6 is 0 Å². The minimum absolute atomic E-state index is 0.230. The monoisotopic (exact) mass is 344 g/mol. The molecule has 4 rings (SSSR count). The van der Waals surface area contributed by atoms with Crippen molar-refractivity contribution in [1.29, 1.82) is 0 Å². The zero-order valence-corrected chi connectivity index (χ0v) is 14.0. The van der Waals surface area contributed by atoms with Crippen LogP contribution in [0.15, 0.2) is 22.3 Å². The fourth-order valence-electron chi connectivity index (χ4n) is 4.05. The van der Waals surface area contributed by atoms with Gasteiger partial charge in [0.25, 0.3) is 23.6 Å². The number of amides is 4. The molecule has 0 saturated heterocycles. The highest BCUT2D eigenvalue weighted by molar-refractivity contribution is 6.20. The Morgan fingerprint density at radius 2 is 0.840 bits per heavy atom. The molecule has 2 heterocycles. The maximum atomic E-state index is 12.3. The molecule has 0 fully saturated rings. The van der Waals surface area contributed by atoms with Crippen molar-refractivity contribution in [3.63, 3.8) is 0 Å². The van der Waals surface area contributed by atoms with Crippen molar-refractivity contribution in [2.45, 2.75) is 51.4 Å². The van der Waals surface area contributed by atoms with Gasteiger partial charge in [-0.3, -0.25) is 29.0 Å². The van der Waals surface area contributed by atoms with Crippen molar-refractivity contribution in [3.8, 4) is 0 Å². The summed E-state index contributed by atoms with van der Waals surface area (Å²) >= 11 is 0. The van der Waals surface area contributed by atoms with Gasteiger partial charge in [-0.1, -0.05) is 0 Å². The van der Waals surface area contributed by atoms with E-state index in [1.54, 1.807) is 0 Å². The third-order valence-corrected chi connectivity index (χ3v) is 5.39. The number of ether oxygens (including phenoxy) is 1. The minimum atomic E-state index is -0.295. The van der Waals surface area contributed by atoms with Crippen LogP contribution in [0.1, 0.15) is 51.4 Å². The summed E-state index contributed by atoms with van der Waals surface area (Å²) in [5.41, 5.74) is 2.41. The zero-order valence-electron chi connectivity index (χ0n) is 14.0. The van der Waals surface area contributed by atoms with Gasteiger partial charge < -0.3 is 4.74 Å². The molecule has 0 aromatic heterocycles. The summed E-state index contributed by atoms with van der Waals surface area (Å²) in [5.74, 6) is -1.18. The number of hydrogen-bond donors (Lipinski definition) is 0. The van der Waals surface area contributed by atoms with Gasteiger partial charge in [0.2, 0.25) is 0 Å². The highest BCUT2D eigenvalue weighted by atomic mass is 16.5. The normalized spacial score (nSPS) is 23.8. The van der Waals surface area contributed by atoms with Crippen LogP contribution in [0.3, 0.4) is 0 Å². The summed E-state index contributed by atoms with van der Waals surface area (Å²) in [5, 5.41) is 0. The van der Waals surface area contributed by atoms with Crippen molar-refractivity contribution in [1.82, 2.24) is 9.80 Å². The molecule has 4 amide bonds. The average Bonchev–Trinajstić information content (AvgIpc) is 3.03. The first-order valence-electron chi connectivity index (χ1n) is 8.83. The maximum absolute atomic E-state index is 12.3. The van der Waals surface area contributed by atoms with E-state index >= 15 is 0 Å². The predicted molar refractivity (Wildman–Crippen MR) is 85.5 cm³/mol. The van der Waals surface area contributed by atoms with Crippen LogP contribution in [0.25, 0.3) is 0 Å². The fourth-order valence-corrected chi connectivity index (χ4v) is 4.05. The van der Waals surface area contributed by atoms with Gasteiger partial charge >= 0.3 is 0 Å². The number of carbonyl (C=O) groups is 4. The molecule has 0 N–H and O–H groups in total. The highest BCUT2D eigenvalue weighted by Gasteiger charge is 2.41. The largest absolute Gasteiger partial charge is 0.340 e. The first kappa shape index (κ1) is 16.2. The van der Waals surface area contributed by atoms with Crippen LogP contribution < -0.4 is 0 Å². The van der Waals surface area contributed by atoms with E-state index in [-0.39, 0.29) is 37.1 Å². The lowest BCUT2D eigenvalue weighted by atomic mass is 9.93. The standard InChI is InChI=1S/C18H20N2O5/c21-15-11-5-1-2-6-12(11)16(22)19(15)9-25-10-20-17(23)13-7-3-4-8-14(13)18(20)24/h1-10H2. The molecule has 7 heteroatoms. The van der Waals surface area contributed by atoms with Crippen LogP contribution in [0, 0.1) is 0 Å². The first-order chi connectivity index (χ1) is 12.1. The lowest BCUT2D eigenvalue weighted by Crippen LogP contribution is -2.38. The summed E-state index contributed by atoms with van der Waals surface area (Å²) in [6.07, 6.45) is 6.21. The summed E-state index contributed by atoms with van der Waals surface area (Å²) in [4.78, 5) is 51.4. The molecule has 132 valence electrons. The second kappa shape index (κ2) is 6.22. The summed E-state index contributed by atoms with van der Waals surface area (Å²) < 4.78 is 5.41. The third kappa shape index (κ3) is 2.54. The first-order valence-corrected chi connectivity index (χ1v) is 8.83. The molecular weight excluding hydrogens is 324 g/mol. The highest BCUT2D eigenvalue weighted by Crippen LogP contribution is 2.34. The van der Waals surface area contributed by atoms with Crippen LogP contribution in [0.2, 0.25) is 0 Å². The number of hydrogen-bond acceptors (Lipinski definition) is 5. The van der Waals surface area contributed by atoms with E-state index in [1.807, 2.05) is 0 Å². The third-order valence-electron chi connectivity index (χ3n) is 5.39. The van der Waals surface area contributed by atoms with Crippen molar-refractivity contribution >= 4 is 23.6 Å². The van der Waals surface area contributed by atoms with Crippen LogP contribution in [0.4, 0.5) is 0 Å². The number of imide groups is 2. The Balaban J connectivity index is 1.36. The molecule has 0 radical (unpaired) electrons. The maximum Gasteiger partial charge on any atom is 0.259 e. The average molecular weight is 344 g/mol. The number of nitrogens with zero attached hydrogens (tertiary/aromatic N) is 2. The van der Waals surface area contributed by atoms with Gasteiger partial charge in [-0.15, -0.1) is 0 Å². The van der Waals surface area contributed by atoms with E-state index in [9.17, 15) is 19.2 Å². The molecule has 2 aliphatic heterocycles. The van der Waals surface area contributed by atoms with Gasteiger partial charge in [-0.25, -0.2) is 0 Å². The molecule has 0 unspecified atom stereocenters. The van der Waals surface area contributed by atoms with Gasteiger partial charge in [0.05, 0.1) is 0 Å². The van der Waals surface area contributed by atoms with Crippen LogP contribution in [-0.4, -0.2) is 46.9 Å². The van der Waals surface area contributed by atoms with Crippen LogP contribution in [-0.2, 0) is 23.9 Å². The Morgan fingerprint density at radius 1 is 0.560 bits per heavy atom. The fraction of sp³-hybridized carbons (Fsp3) is 0.556. The summed E-state index contributed by atoms with van der Waals surface area (Å²) in [6, 6.07) is 0. The summed E-state index contributed by atoms with van der Waals surface area (Å²) in [6.45, 7) is -0.460. The minimum Gasteiger partial charge on any atom is -0.340 e. The molecule has 0 atom stereocenters. The Hall–Kier alpha value is -2.28. The smallest absolute Gasteiger partial charge is 0.259 e. The van der Waals surface area contributed by atoms with Gasteiger partial charge in [-0.2, -0.15) is 0 Å². The molecule has 0 bridgehead atoms. The second-order valence-electron chi connectivity index (χ2n) is 6.87. The Morgan fingerprint density at radius 3 is 1.12 bits per heavy atom. The van der Waals surface area contributed by atoms with E-state index in [4.69, 9.17) is 4.74 Å². The lowest BCUT2D eigenvalue weighted by molar-refractivity contribution is -0.150. The molecule has 0 saturated carbocycles. The predicted octanol–water partition coefficient (Wildman–Crippen LogP) is 1.40. The van der Waals surface area contributed by atoms with E-state index in [1.165, 1.54) is 0 Å². The van der Waals surface area contributed by atoms with E-state index < -0.39 is 0 Å². The second-order valence-corrected chi connectivity index (χ2v) is 6.87. The lowest BCUT2D eigenvalue weighted by Gasteiger charge is -2.19. The molecule has 0 spiro atoms. The molecule has 4 aliphatic rings. The molecule has 0 aromatic carbocycles. The molecule has 0 aromatic rings. The zero-order chi connectivity index (χ0) is 17.6. The summed E-state index contributed by atoms with van der Waals surface area (Å²) in [7, 11) is 0. The molecule has 2 aliphatic carbocycles. The SMILES string of the molecule is O=C1C2=C(CCCC2)C(=O)N1COCN1C(=O)C2=C(CCCC2)C1=O. The van der Waals surface area contributed by atoms with Gasteiger partial charge in [-0.05, 0) is 51.4 Å². The van der Waals surface area contributed by atoms with Crippen LogP contribution in [0.5, 0.6) is 0 Å². The Kier molecular flexibility index (Phi) is 4.03. The van der Waals surface area contributed by atoms with Gasteiger partial charge in [0.15, 0.2) is 0 Å². The molecule has 7 nitrogen and oxygen atoms in total. The van der Waals surface area contributed by atoms with Gasteiger partial charge in [0.1, 0.15) is 13.5 Å². The molecule has 25 heavy (non-hydrogen) atoms. The number of carbonyl (C=O) groups excluding carboxylic acids is 4. The quantitative estimate of drug-likeness (QED) is 0.720. The van der Waals surface area contributed by atoms with Crippen molar-refractivity contribution < 1.29 is 23.9 Å². The van der Waals surface area contributed by atoms with Crippen molar-refractivity contribution in [2.24, 2.45) is 0 Å². The topological polar surface area (TPSA) is 84.0 Å². The van der Waals surface area contributed by atoms with Crippen molar-refractivity contribution in [3.05, 3.63) is 22.3 Å². The van der Waals surface area contributed by atoms with Gasteiger partial charge in [0, 0.05) is 22.3 Å².